The summed E-state index contributed by atoms with van der Waals surface area (Å²) in [6.07, 6.45) is 0.846. The monoisotopic (exact) mass is 349 g/mol. The van der Waals surface area contributed by atoms with Gasteiger partial charge in [0, 0.05) is 22.5 Å². The van der Waals surface area contributed by atoms with Crippen molar-refractivity contribution in [2.45, 2.75) is 19.4 Å². The van der Waals surface area contributed by atoms with Crippen LogP contribution in [-0.4, -0.2) is 13.7 Å². The van der Waals surface area contributed by atoms with Crippen LogP contribution in [0.25, 0.3) is 0 Å². The van der Waals surface area contributed by atoms with E-state index in [2.05, 4.69) is 28.1 Å². The van der Waals surface area contributed by atoms with E-state index in [-0.39, 0.29) is 6.04 Å². The topological polar surface area (TPSA) is 44.5 Å². The Balaban J connectivity index is 1.96. The fourth-order valence-electron chi connectivity index (χ4n) is 2.08. The molecule has 4 heteroatoms. The standard InChI is InChI=1S/C17H20BrNO2/c1-12(19)16-11-14(18)5-8-17(16)21-10-9-13-3-6-15(20-2)7-4-13/h3-8,11-12H,9-10,19H2,1-2H3. The van der Waals surface area contributed by atoms with Crippen LogP contribution in [-0.2, 0) is 6.42 Å². The van der Waals surface area contributed by atoms with Crippen molar-refractivity contribution in [3.8, 4) is 11.5 Å². The third-order valence-corrected chi connectivity index (χ3v) is 3.76. The van der Waals surface area contributed by atoms with Gasteiger partial charge in [-0.3, -0.25) is 0 Å². The van der Waals surface area contributed by atoms with Crippen LogP contribution in [0.2, 0.25) is 0 Å². The number of rotatable bonds is 6. The number of hydrogen-bond acceptors (Lipinski definition) is 3. The minimum absolute atomic E-state index is 0.0570. The zero-order valence-corrected chi connectivity index (χ0v) is 13.9. The first kappa shape index (κ1) is 15.9. The molecule has 2 aromatic carbocycles. The Hall–Kier alpha value is -1.52. The summed E-state index contributed by atoms with van der Waals surface area (Å²) in [5.41, 5.74) is 8.21. The van der Waals surface area contributed by atoms with Gasteiger partial charge in [0.15, 0.2) is 0 Å². The number of benzene rings is 2. The average Bonchev–Trinajstić information content (AvgIpc) is 2.49. The van der Waals surface area contributed by atoms with Crippen LogP contribution < -0.4 is 15.2 Å². The van der Waals surface area contributed by atoms with Crippen LogP contribution >= 0.6 is 15.9 Å². The number of halogens is 1. The highest BCUT2D eigenvalue weighted by atomic mass is 79.9. The van der Waals surface area contributed by atoms with Crippen molar-refractivity contribution in [1.29, 1.82) is 0 Å². The maximum absolute atomic E-state index is 5.98. The number of nitrogens with two attached hydrogens (primary N) is 1. The number of hydrogen-bond donors (Lipinski definition) is 1. The molecule has 1 unspecified atom stereocenters. The number of methoxy groups -OCH3 is 1. The van der Waals surface area contributed by atoms with Gasteiger partial charge < -0.3 is 15.2 Å². The molecule has 0 amide bonds. The van der Waals surface area contributed by atoms with E-state index in [1.165, 1.54) is 5.56 Å². The van der Waals surface area contributed by atoms with Crippen LogP contribution in [0.1, 0.15) is 24.1 Å². The minimum atomic E-state index is -0.0570. The lowest BCUT2D eigenvalue weighted by Crippen LogP contribution is -2.09. The highest BCUT2D eigenvalue weighted by Gasteiger charge is 2.08. The molecule has 0 fully saturated rings. The molecule has 0 saturated carbocycles. The Morgan fingerprint density at radius 3 is 2.48 bits per heavy atom. The normalized spacial score (nSPS) is 12.0. The molecule has 21 heavy (non-hydrogen) atoms. The molecule has 2 aromatic rings. The summed E-state index contributed by atoms with van der Waals surface area (Å²) in [4.78, 5) is 0. The van der Waals surface area contributed by atoms with E-state index < -0.39 is 0 Å². The Kier molecular flexibility index (Phi) is 5.65. The average molecular weight is 350 g/mol. The van der Waals surface area contributed by atoms with Crippen molar-refractivity contribution >= 4 is 15.9 Å². The lowest BCUT2D eigenvalue weighted by Gasteiger charge is -2.14. The second-order valence-corrected chi connectivity index (χ2v) is 5.83. The van der Waals surface area contributed by atoms with Gasteiger partial charge in [0.2, 0.25) is 0 Å². The van der Waals surface area contributed by atoms with E-state index in [9.17, 15) is 0 Å². The van der Waals surface area contributed by atoms with Crippen LogP contribution in [0.4, 0.5) is 0 Å². The fourth-order valence-corrected chi connectivity index (χ4v) is 2.46. The third kappa shape index (κ3) is 4.48. The van der Waals surface area contributed by atoms with Crippen molar-refractivity contribution in [2.24, 2.45) is 5.73 Å². The largest absolute Gasteiger partial charge is 0.497 e. The van der Waals surface area contributed by atoms with Crippen LogP contribution in [0, 0.1) is 0 Å². The van der Waals surface area contributed by atoms with Crippen molar-refractivity contribution in [2.75, 3.05) is 13.7 Å². The SMILES string of the molecule is COc1ccc(CCOc2ccc(Br)cc2C(C)N)cc1. The summed E-state index contributed by atoms with van der Waals surface area (Å²) in [7, 11) is 1.67. The predicted molar refractivity (Wildman–Crippen MR) is 88.9 cm³/mol. The highest BCUT2D eigenvalue weighted by Crippen LogP contribution is 2.27. The van der Waals surface area contributed by atoms with Crippen molar-refractivity contribution in [3.63, 3.8) is 0 Å². The van der Waals surface area contributed by atoms with Crippen LogP contribution in [0.5, 0.6) is 11.5 Å². The van der Waals surface area contributed by atoms with Crippen LogP contribution in [0.3, 0.4) is 0 Å². The Bertz CT molecular complexity index is 582. The molecular weight excluding hydrogens is 330 g/mol. The van der Waals surface area contributed by atoms with Crippen molar-refractivity contribution in [3.05, 3.63) is 58.1 Å². The van der Waals surface area contributed by atoms with Gasteiger partial charge in [-0.25, -0.2) is 0 Å². The second kappa shape index (κ2) is 7.48. The Morgan fingerprint density at radius 1 is 1.14 bits per heavy atom. The molecule has 0 bridgehead atoms. The predicted octanol–water partition coefficient (Wildman–Crippen LogP) is 4.10. The summed E-state index contributed by atoms with van der Waals surface area (Å²) in [6, 6.07) is 13.9. The molecule has 3 nitrogen and oxygen atoms in total. The molecule has 2 N–H and O–H groups in total. The maximum Gasteiger partial charge on any atom is 0.124 e. The molecule has 2 rings (SSSR count). The van der Waals surface area contributed by atoms with Gasteiger partial charge in [-0.15, -0.1) is 0 Å². The van der Waals surface area contributed by atoms with E-state index in [4.69, 9.17) is 15.2 Å². The van der Waals surface area contributed by atoms with E-state index >= 15 is 0 Å². The van der Waals surface area contributed by atoms with Crippen molar-refractivity contribution < 1.29 is 9.47 Å². The first-order chi connectivity index (χ1) is 10.1. The summed E-state index contributed by atoms with van der Waals surface area (Å²) < 4.78 is 12.0. The third-order valence-electron chi connectivity index (χ3n) is 3.27. The summed E-state index contributed by atoms with van der Waals surface area (Å²) in [5.74, 6) is 1.72. The van der Waals surface area contributed by atoms with Crippen molar-refractivity contribution in [1.82, 2.24) is 0 Å². The molecule has 0 aliphatic rings. The first-order valence-corrected chi connectivity index (χ1v) is 7.70. The lowest BCUT2D eigenvalue weighted by molar-refractivity contribution is 0.317. The molecule has 0 aliphatic carbocycles. The highest BCUT2D eigenvalue weighted by molar-refractivity contribution is 9.10. The maximum atomic E-state index is 5.98. The summed E-state index contributed by atoms with van der Waals surface area (Å²) in [5, 5.41) is 0. The van der Waals surface area contributed by atoms with Gasteiger partial charge >= 0.3 is 0 Å². The van der Waals surface area contributed by atoms with Gasteiger partial charge in [-0.2, -0.15) is 0 Å². The fraction of sp³-hybridized carbons (Fsp3) is 0.294. The van der Waals surface area contributed by atoms with E-state index in [1.807, 2.05) is 37.3 Å². The molecular formula is C17H20BrNO2. The Labute approximate surface area is 134 Å². The molecule has 0 radical (unpaired) electrons. The summed E-state index contributed by atoms with van der Waals surface area (Å²) >= 11 is 3.46. The number of ether oxygens (including phenoxy) is 2. The molecule has 0 aromatic heterocycles. The zero-order valence-electron chi connectivity index (χ0n) is 12.3. The van der Waals surface area contributed by atoms with Crippen LogP contribution in [0.15, 0.2) is 46.9 Å². The zero-order chi connectivity index (χ0) is 15.2. The van der Waals surface area contributed by atoms with Gasteiger partial charge in [-0.05, 0) is 42.8 Å². The van der Waals surface area contributed by atoms with Gasteiger partial charge in [0.25, 0.3) is 0 Å². The molecule has 0 aliphatic heterocycles. The van der Waals surface area contributed by atoms with Gasteiger partial charge in [0.1, 0.15) is 11.5 Å². The van der Waals surface area contributed by atoms with E-state index in [0.29, 0.717) is 6.61 Å². The van der Waals surface area contributed by atoms with E-state index in [1.54, 1.807) is 7.11 Å². The quantitative estimate of drug-likeness (QED) is 0.853. The van der Waals surface area contributed by atoms with Gasteiger partial charge in [-0.1, -0.05) is 28.1 Å². The lowest BCUT2D eigenvalue weighted by atomic mass is 10.1. The van der Waals surface area contributed by atoms with Gasteiger partial charge in [0.05, 0.1) is 13.7 Å². The molecule has 0 saturated heterocycles. The minimum Gasteiger partial charge on any atom is -0.497 e. The molecule has 112 valence electrons. The van der Waals surface area contributed by atoms with E-state index in [0.717, 1.165) is 28.0 Å². The Morgan fingerprint density at radius 2 is 1.86 bits per heavy atom. The summed E-state index contributed by atoms with van der Waals surface area (Å²) in [6.45, 7) is 2.58. The molecule has 1 atom stereocenters. The molecule has 0 heterocycles. The smallest absolute Gasteiger partial charge is 0.124 e. The molecule has 0 spiro atoms. The first-order valence-electron chi connectivity index (χ1n) is 6.91. The second-order valence-electron chi connectivity index (χ2n) is 4.92.